The van der Waals surface area contributed by atoms with E-state index in [1.165, 1.54) is 64.2 Å². The van der Waals surface area contributed by atoms with Crippen LogP contribution in [0.4, 0.5) is 4.39 Å². The summed E-state index contributed by atoms with van der Waals surface area (Å²) in [6.07, 6.45) is 6.86. The van der Waals surface area contributed by atoms with Crippen LogP contribution < -0.4 is 0 Å². The zero-order valence-corrected chi connectivity index (χ0v) is 23.6. The minimum Gasteiger partial charge on any atom is -0.179 e. The number of rotatable bonds is 2. The Kier molecular flexibility index (Phi) is 8.90. The number of benzene rings is 3. The second-order valence-corrected chi connectivity index (χ2v) is 15.2. The summed E-state index contributed by atoms with van der Waals surface area (Å²) in [5.41, 5.74) is 8.00. The Morgan fingerprint density at radius 3 is 2.21 bits per heavy atom. The molecule has 2 aliphatic carbocycles. The fraction of sp³-hybridized carbons (Fsp3) is 0.233. The topological polar surface area (TPSA) is 0 Å². The van der Waals surface area contributed by atoms with Gasteiger partial charge >= 0.3 is 68.0 Å². The van der Waals surface area contributed by atoms with Crippen LogP contribution in [0.3, 0.4) is 0 Å². The van der Waals surface area contributed by atoms with Crippen molar-refractivity contribution in [2.45, 2.75) is 39.9 Å². The van der Waals surface area contributed by atoms with Crippen molar-refractivity contribution in [1.82, 2.24) is 0 Å². The van der Waals surface area contributed by atoms with Crippen LogP contribution in [-0.4, -0.2) is 11.8 Å². The summed E-state index contributed by atoms with van der Waals surface area (Å²) < 4.78 is 14.2. The molecule has 1 atom stereocenters. The van der Waals surface area contributed by atoms with Crippen molar-refractivity contribution in [1.29, 1.82) is 0 Å². The molecule has 0 nitrogen and oxygen atoms in total. The third-order valence-corrected chi connectivity index (χ3v) is 8.70. The molecule has 166 valence electrons. The molecule has 0 fully saturated rings. The number of halogens is 1. The molecule has 0 amide bonds. The molecule has 0 spiro atoms. The van der Waals surface area contributed by atoms with Crippen molar-refractivity contribution in [2.24, 2.45) is 5.92 Å². The Hall–Kier alpha value is -1.96. The van der Waals surface area contributed by atoms with Gasteiger partial charge in [-0.15, -0.1) is 5.56 Å². The summed E-state index contributed by atoms with van der Waals surface area (Å²) in [4.78, 5) is 0. The summed E-state index contributed by atoms with van der Waals surface area (Å²) in [6, 6.07) is 24.6. The minimum absolute atomic E-state index is 0.170. The Morgan fingerprint density at radius 2 is 1.64 bits per heavy atom. The maximum atomic E-state index is 12.2. The van der Waals surface area contributed by atoms with E-state index >= 15 is 0 Å². The SMILES string of the molecule is CC1=[C-]C(C)C=C1[Si](C)(C)C.Fc1ccc([CH]=[Zr+2])cc1.[c-]1cccc2c1Cc1ccccc1-2. The van der Waals surface area contributed by atoms with E-state index in [1.807, 2.05) is 9.78 Å². The second-order valence-electron chi connectivity index (χ2n) is 9.48. The molecule has 0 heterocycles. The Morgan fingerprint density at radius 1 is 0.970 bits per heavy atom. The van der Waals surface area contributed by atoms with Crippen LogP contribution in [0.15, 0.2) is 83.6 Å². The van der Waals surface area contributed by atoms with E-state index in [0.717, 1.165) is 12.0 Å². The Bertz CT molecular complexity index is 1120. The molecule has 3 heteroatoms. The van der Waals surface area contributed by atoms with Gasteiger partial charge in [0.25, 0.3) is 0 Å². The van der Waals surface area contributed by atoms with Crippen molar-refractivity contribution in [3.63, 3.8) is 0 Å². The third kappa shape index (κ3) is 7.01. The monoisotopic (exact) mass is 528 g/mol. The summed E-state index contributed by atoms with van der Waals surface area (Å²) in [5, 5.41) is 1.60. The molecule has 0 radical (unpaired) electrons. The van der Waals surface area contributed by atoms with E-state index in [2.05, 4.69) is 88.1 Å². The van der Waals surface area contributed by atoms with Gasteiger partial charge in [0.15, 0.2) is 0 Å². The number of fused-ring (bicyclic) bond motifs is 3. The van der Waals surface area contributed by atoms with Crippen LogP contribution in [0, 0.1) is 23.9 Å². The van der Waals surface area contributed by atoms with Gasteiger partial charge in [0.05, 0.1) is 0 Å². The number of allylic oxidation sites excluding steroid dienone is 4. The minimum atomic E-state index is -1.07. The standard InChI is InChI=1S/C13H9.C10H17Si.C7H5F.Zr/c1-3-7-12-10(5-1)9-11-6-2-4-8-13(11)12;1-8-6-9(2)10(7-8)11(3,4)5;1-6-2-4-7(8)5-3-6;/h1-5,7-8H,9H2;7-8H,1-5H3;1-5H;/q2*-1;;+2. The molecule has 0 saturated carbocycles. The van der Waals surface area contributed by atoms with Crippen LogP contribution >= 0.6 is 0 Å². The van der Waals surface area contributed by atoms with Gasteiger partial charge in [0.1, 0.15) is 0 Å². The number of hydrogen-bond donors (Lipinski definition) is 0. The molecule has 3 aromatic carbocycles. The van der Waals surface area contributed by atoms with Crippen LogP contribution in [0.2, 0.25) is 19.6 Å². The van der Waals surface area contributed by atoms with E-state index < -0.39 is 8.07 Å². The molecular formula is C30H31FSiZr. The van der Waals surface area contributed by atoms with Gasteiger partial charge in [0, 0.05) is 0 Å². The summed E-state index contributed by atoms with van der Waals surface area (Å²) >= 11 is 1.34. The fourth-order valence-electron chi connectivity index (χ4n) is 4.21. The van der Waals surface area contributed by atoms with Gasteiger partial charge in [-0.05, 0) is 14.5 Å². The molecule has 5 rings (SSSR count). The molecule has 0 N–H and O–H groups in total. The normalized spacial score (nSPS) is 15.7. The van der Waals surface area contributed by atoms with E-state index in [4.69, 9.17) is 0 Å². The van der Waals surface area contributed by atoms with E-state index in [1.54, 1.807) is 17.3 Å². The van der Waals surface area contributed by atoms with Crippen LogP contribution in [-0.2, 0) is 30.7 Å². The van der Waals surface area contributed by atoms with Crippen molar-refractivity contribution in [3.8, 4) is 11.1 Å². The van der Waals surface area contributed by atoms with Crippen LogP contribution in [0.25, 0.3) is 11.1 Å². The Balaban J connectivity index is 0.000000142. The largest absolute Gasteiger partial charge is 0.179 e. The maximum absolute atomic E-state index is 12.2. The first-order valence-corrected chi connectivity index (χ1v) is 16.3. The first-order valence-electron chi connectivity index (χ1n) is 11.4. The first kappa shape index (κ1) is 25.7. The molecular weight excluding hydrogens is 499 g/mol. The Labute approximate surface area is 214 Å². The first-order chi connectivity index (χ1) is 15.7. The smallest absolute Gasteiger partial charge is 0.0253 e. The molecule has 1 unspecified atom stereocenters. The third-order valence-electron chi connectivity index (χ3n) is 5.73. The average Bonchev–Trinajstić information content (AvgIpc) is 3.34. The van der Waals surface area contributed by atoms with Gasteiger partial charge in [-0.1, -0.05) is 74.8 Å². The molecule has 3 aromatic rings. The number of hydrogen-bond acceptors (Lipinski definition) is 0. The van der Waals surface area contributed by atoms with Crippen LogP contribution in [0.1, 0.15) is 30.5 Å². The van der Waals surface area contributed by atoms with Crippen LogP contribution in [0.5, 0.6) is 0 Å². The summed E-state index contributed by atoms with van der Waals surface area (Å²) in [5.74, 6) is 0.383. The molecule has 2 aliphatic rings. The van der Waals surface area contributed by atoms with Gasteiger partial charge in [0.2, 0.25) is 0 Å². The average molecular weight is 530 g/mol. The summed E-state index contributed by atoms with van der Waals surface area (Å²) in [7, 11) is -1.07. The fourth-order valence-corrected chi connectivity index (χ4v) is 6.63. The quantitative estimate of drug-likeness (QED) is 0.184. The van der Waals surface area contributed by atoms with E-state index in [9.17, 15) is 4.39 Å². The van der Waals surface area contributed by atoms with Crippen molar-refractivity contribution >= 4 is 11.8 Å². The van der Waals surface area contributed by atoms with Crippen molar-refractivity contribution in [2.75, 3.05) is 0 Å². The van der Waals surface area contributed by atoms with E-state index in [0.29, 0.717) is 5.92 Å². The van der Waals surface area contributed by atoms with Gasteiger partial charge in [-0.25, -0.2) is 10.8 Å². The molecule has 0 saturated heterocycles. The van der Waals surface area contributed by atoms with Gasteiger partial charge < -0.3 is 0 Å². The zero-order chi connectivity index (χ0) is 24.0. The zero-order valence-electron chi connectivity index (χ0n) is 20.2. The molecule has 0 bridgehead atoms. The van der Waals surface area contributed by atoms with Crippen molar-refractivity contribution < 1.29 is 28.6 Å². The maximum Gasteiger partial charge on any atom is -0.0253 e. The van der Waals surface area contributed by atoms with Gasteiger partial charge in [-0.3, -0.25) is 6.08 Å². The molecule has 0 aromatic heterocycles. The second kappa shape index (κ2) is 11.4. The van der Waals surface area contributed by atoms with Crippen molar-refractivity contribution in [3.05, 3.63) is 118 Å². The predicted molar refractivity (Wildman–Crippen MR) is 138 cm³/mol. The molecule has 0 aliphatic heterocycles. The predicted octanol–water partition coefficient (Wildman–Crippen LogP) is 7.77. The molecule has 33 heavy (non-hydrogen) atoms. The van der Waals surface area contributed by atoms with E-state index in [-0.39, 0.29) is 5.82 Å². The van der Waals surface area contributed by atoms with Gasteiger partial charge in [-0.2, -0.15) is 35.9 Å². The summed E-state index contributed by atoms with van der Waals surface area (Å²) in [6.45, 7) is 11.6.